The summed E-state index contributed by atoms with van der Waals surface area (Å²) in [7, 11) is 1.33. The normalized spacial score (nSPS) is 10.1. The molecule has 0 saturated heterocycles. The van der Waals surface area contributed by atoms with Crippen LogP contribution in [-0.4, -0.2) is 19.7 Å². The maximum atomic E-state index is 11.5. The first kappa shape index (κ1) is 14.0. The minimum Gasteiger partial charge on any atom is -0.494 e. The number of furan rings is 1. The van der Waals surface area contributed by atoms with Gasteiger partial charge in [-0.3, -0.25) is 0 Å². The van der Waals surface area contributed by atoms with Crippen molar-refractivity contribution in [2.75, 3.05) is 19.0 Å². The van der Waals surface area contributed by atoms with Crippen LogP contribution in [0.5, 0.6) is 5.75 Å². The van der Waals surface area contributed by atoms with E-state index in [2.05, 4.69) is 10.1 Å². The maximum absolute atomic E-state index is 11.5. The number of carbonyl (C=O) groups excluding carboxylic acids is 1. The molecule has 0 aliphatic rings. The zero-order chi connectivity index (χ0) is 14.4. The fourth-order valence-corrected chi connectivity index (χ4v) is 1.81. The molecule has 20 heavy (non-hydrogen) atoms. The van der Waals surface area contributed by atoms with Crippen molar-refractivity contribution in [1.82, 2.24) is 0 Å². The summed E-state index contributed by atoms with van der Waals surface area (Å²) in [5.41, 5.74) is 1.66. The molecule has 0 aliphatic heterocycles. The van der Waals surface area contributed by atoms with Crippen LogP contribution in [0.15, 0.2) is 41.0 Å². The van der Waals surface area contributed by atoms with E-state index in [-0.39, 0.29) is 5.76 Å². The summed E-state index contributed by atoms with van der Waals surface area (Å²) in [5, 5.41) is 3.22. The summed E-state index contributed by atoms with van der Waals surface area (Å²) < 4.78 is 15.2. The topological polar surface area (TPSA) is 60.7 Å². The van der Waals surface area contributed by atoms with Gasteiger partial charge in [0.15, 0.2) is 0 Å². The largest absolute Gasteiger partial charge is 0.494 e. The Morgan fingerprint density at radius 1 is 1.35 bits per heavy atom. The van der Waals surface area contributed by atoms with Crippen LogP contribution < -0.4 is 10.1 Å². The van der Waals surface area contributed by atoms with E-state index in [1.807, 2.05) is 31.2 Å². The lowest BCUT2D eigenvalue weighted by Crippen LogP contribution is -2.06. The van der Waals surface area contributed by atoms with E-state index in [9.17, 15) is 4.79 Å². The van der Waals surface area contributed by atoms with E-state index >= 15 is 0 Å². The third-order valence-corrected chi connectivity index (χ3v) is 2.75. The van der Waals surface area contributed by atoms with Gasteiger partial charge in [0, 0.05) is 23.9 Å². The molecule has 0 bridgehead atoms. The Bertz CT molecular complexity index is 577. The van der Waals surface area contributed by atoms with Crippen LogP contribution in [0.4, 0.5) is 5.69 Å². The maximum Gasteiger partial charge on any atom is 0.374 e. The van der Waals surface area contributed by atoms with Gasteiger partial charge < -0.3 is 19.2 Å². The van der Waals surface area contributed by atoms with Crippen molar-refractivity contribution in [3.05, 3.63) is 47.9 Å². The van der Waals surface area contributed by atoms with E-state index in [1.54, 1.807) is 6.07 Å². The molecule has 2 rings (SSSR count). The van der Waals surface area contributed by atoms with Crippen molar-refractivity contribution < 1.29 is 18.7 Å². The highest BCUT2D eigenvalue weighted by Crippen LogP contribution is 2.19. The number of nitrogens with one attached hydrogen (secondary N) is 1. The Morgan fingerprint density at radius 2 is 2.20 bits per heavy atom. The molecule has 0 atom stereocenters. The fourth-order valence-electron chi connectivity index (χ4n) is 1.81. The number of hydrogen-bond acceptors (Lipinski definition) is 5. The molecule has 0 fully saturated rings. The summed E-state index contributed by atoms with van der Waals surface area (Å²) in [6.45, 7) is 3.03. The molecule has 1 aromatic carbocycles. The van der Waals surface area contributed by atoms with Gasteiger partial charge in [-0.25, -0.2) is 4.79 Å². The summed E-state index contributed by atoms with van der Waals surface area (Å²) in [6, 6.07) is 9.38. The van der Waals surface area contributed by atoms with Crippen LogP contribution in [-0.2, 0) is 11.3 Å². The van der Waals surface area contributed by atoms with E-state index < -0.39 is 5.97 Å². The molecule has 0 unspecified atom stereocenters. The van der Waals surface area contributed by atoms with Crippen molar-refractivity contribution in [2.45, 2.75) is 13.5 Å². The average Bonchev–Trinajstić information content (AvgIpc) is 2.93. The number of benzene rings is 1. The molecule has 5 heteroatoms. The number of esters is 1. The zero-order valence-corrected chi connectivity index (χ0v) is 11.5. The number of ether oxygens (including phenoxy) is 2. The Labute approximate surface area is 117 Å². The van der Waals surface area contributed by atoms with Crippen LogP contribution in [0, 0.1) is 0 Å². The Morgan fingerprint density at radius 3 is 2.95 bits per heavy atom. The summed E-state index contributed by atoms with van der Waals surface area (Å²) in [5.74, 6) is 0.550. The van der Waals surface area contributed by atoms with Crippen LogP contribution >= 0.6 is 0 Å². The van der Waals surface area contributed by atoms with Crippen LogP contribution in [0.2, 0.25) is 0 Å². The second-order valence-electron chi connectivity index (χ2n) is 4.08. The predicted octanol–water partition coefficient (Wildman–Crippen LogP) is 3.08. The number of anilines is 1. The highest BCUT2D eigenvalue weighted by molar-refractivity contribution is 5.87. The molecule has 2 aromatic rings. The van der Waals surface area contributed by atoms with Crippen molar-refractivity contribution >= 4 is 11.7 Å². The van der Waals surface area contributed by atoms with Gasteiger partial charge in [0.05, 0.1) is 20.0 Å². The number of hydrogen-bond donors (Lipinski definition) is 1. The van der Waals surface area contributed by atoms with Crippen molar-refractivity contribution in [1.29, 1.82) is 0 Å². The van der Waals surface area contributed by atoms with Gasteiger partial charge in [-0.2, -0.15) is 0 Å². The lowest BCUT2D eigenvalue weighted by Gasteiger charge is -2.08. The van der Waals surface area contributed by atoms with E-state index in [1.165, 1.54) is 13.4 Å². The number of carbonyl (C=O) groups is 1. The molecular formula is C15H17NO4. The fraction of sp³-hybridized carbons (Fsp3) is 0.267. The zero-order valence-electron chi connectivity index (χ0n) is 11.5. The van der Waals surface area contributed by atoms with Gasteiger partial charge in [0.2, 0.25) is 5.76 Å². The third kappa shape index (κ3) is 3.32. The van der Waals surface area contributed by atoms with Crippen molar-refractivity contribution in [2.24, 2.45) is 0 Å². The van der Waals surface area contributed by atoms with Gasteiger partial charge >= 0.3 is 5.97 Å². The second kappa shape index (κ2) is 6.65. The molecule has 106 valence electrons. The average molecular weight is 275 g/mol. The van der Waals surface area contributed by atoms with Gasteiger partial charge in [-0.1, -0.05) is 6.07 Å². The minimum atomic E-state index is -0.477. The number of methoxy groups -OCH3 is 1. The van der Waals surface area contributed by atoms with E-state index in [4.69, 9.17) is 9.15 Å². The molecule has 0 spiro atoms. The van der Waals surface area contributed by atoms with Crippen LogP contribution in [0.1, 0.15) is 23.0 Å². The third-order valence-electron chi connectivity index (χ3n) is 2.75. The first-order chi connectivity index (χ1) is 9.74. The monoisotopic (exact) mass is 275 g/mol. The Balaban J connectivity index is 2.03. The summed E-state index contributed by atoms with van der Waals surface area (Å²) >= 11 is 0. The van der Waals surface area contributed by atoms with E-state index in [0.29, 0.717) is 13.2 Å². The molecular weight excluding hydrogens is 258 g/mol. The SMILES string of the molecule is CCOc1cccc(NCc2ccoc2C(=O)OC)c1. The molecule has 0 amide bonds. The smallest absolute Gasteiger partial charge is 0.374 e. The molecule has 1 heterocycles. The van der Waals surface area contributed by atoms with E-state index in [0.717, 1.165) is 17.0 Å². The quantitative estimate of drug-likeness (QED) is 0.821. The summed E-state index contributed by atoms with van der Waals surface area (Å²) in [4.78, 5) is 11.5. The second-order valence-corrected chi connectivity index (χ2v) is 4.08. The molecule has 0 aliphatic carbocycles. The highest BCUT2D eigenvalue weighted by Gasteiger charge is 2.15. The van der Waals surface area contributed by atoms with Gasteiger partial charge in [0.25, 0.3) is 0 Å². The summed E-state index contributed by atoms with van der Waals surface area (Å²) in [6.07, 6.45) is 1.47. The first-order valence-corrected chi connectivity index (χ1v) is 6.36. The highest BCUT2D eigenvalue weighted by atomic mass is 16.5. The predicted molar refractivity (Wildman–Crippen MR) is 75.0 cm³/mol. The van der Waals surface area contributed by atoms with Crippen LogP contribution in [0.25, 0.3) is 0 Å². The number of rotatable bonds is 6. The van der Waals surface area contributed by atoms with Crippen molar-refractivity contribution in [3.63, 3.8) is 0 Å². The molecule has 1 N–H and O–H groups in total. The van der Waals surface area contributed by atoms with Gasteiger partial charge in [0.1, 0.15) is 5.75 Å². The lowest BCUT2D eigenvalue weighted by molar-refractivity contribution is 0.0563. The Kier molecular flexibility index (Phi) is 4.65. The lowest BCUT2D eigenvalue weighted by atomic mass is 10.2. The molecule has 0 saturated carbocycles. The van der Waals surface area contributed by atoms with Crippen LogP contribution in [0.3, 0.4) is 0 Å². The van der Waals surface area contributed by atoms with Crippen molar-refractivity contribution in [3.8, 4) is 5.75 Å². The first-order valence-electron chi connectivity index (χ1n) is 6.36. The van der Waals surface area contributed by atoms with Gasteiger partial charge in [-0.15, -0.1) is 0 Å². The Hall–Kier alpha value is -2.43. The molecule has 1 aromatic heterocycles. The molecule has 5 nitrogen and oxygen atoms in total. The van der Waals surface area contributed by atoms with Gasteiger partial charge in [-0.05, 0) is 25.1 Å². The standard InChI is InChI=1S/C15H17NO4/c1-3-19-13-6-4-5-12(9-13)16-10-11-7-8-20-14(11)15(17)18-2/h4-9,16H,3,10H2,1-2H3. The molecule has 0 radical (unpaired) electrons. The minimum absolute atomic E-state index is 0.223.